The quantitative estimate of drug-likeness (QED) is 0.829. The summed E-state index contributed by atoms with van der Waals surface area (Å²) in [4.78, 5) is 17.2. The minimum absolute atomic E-state index is 0.266. The molecular formula is C18H26N2O. The van der Waals surface area contributed by atoms with Gasteiger partial charge in [-0.25, -0.2) is 0 Å². The molecule has 1 unspecified atom stereocenters. The average molecular weight is 286 g/mol. The van der Waals surface area contributed by atoms with Crippen molar-refractivity contribution < 1.29 is 4.79 Å². The van der Waals surface area contributed by atoms with Gasteiger partial charge in [0.25, 0.3) is 0 Å². The molecule has 1 amide bonds. The van der Waals surface area contributed by atoms with Crippen molar-refractivity contribution in [3.05, 3.63) is 30.3 Å². The summed E-state index contributed by atoms with van der Waals surface area (Å²) in [5.41, 5.74) is 1.05. The fourth-order valence-corrected chi connectivity index (χ4v) is 3.37. The monoisotopic (exact) mass is 286 g/mol. The van der Waals surface area contributed by atoms with E-state index in [2.05, 4.69) is 24.0 Å². The normalized spacial score (nSPS) is 21.0. The molecule has 1 heterocycles. The second-order valence-electron chi connectivity index (χ2n) is 6.51. The molecular weight excluding hydrogens is 260 g/mol. The zero-order chi connectivity index (χ0) is 14.7. The minimum atomic E-state index is 0.266. The molecule has 3 rings (SSSR count). The second kappa shape index (κ2) is 6.61. The summed E-state index contributed by atoms with van der Waals surface area (Å²) in [6, 6.07) is 10.5. The van der Waals surface area contributed by atoms with Crippen LogP contribution in [0, 0.1) is 5.92 Å². The van der Waals surface area contributed by atoms with Crippen molar-refractivity contribution in [2.75, 3.05) is 24.5 Å². The Kier molecular flexibility index (Phi) is 4.59. The van der Waals surface area contributed by atoms with Gasteiger partial charge in [-0.1, -0.05) is 24.6 Å². The first kappa shape index (κ1) is 14.6. The van der Waals surface area contributed by atoms with Gasteiger partial charge in [-0.2, -0.15) is 0 Å². The molecule has 1 aliphatic heterocycles. The Balaban J connectivity index is 1.72. The molecule has 0 radical (unpaired) electrons. The van der Waals surface area contributed by atoms with Gasteiger partial charge in [-0.05, 0) is 63.7 Å². The number of hydrogen-bond acceptors (Lipinski definition) is 2. The van der Waals surface area contributed by atoms with Crippen LogP contribution in [-0.2, 0) is 4.79 Å². The van der Waals surface area contributed by atoms with Crippen molar-refractivity contribution in [3.8, 4) is 0 Å². The van der Waals surface area contributed by atoms with Crippen LogP contribution in [0.2, 0.25) is 0 Å². The average Bonchev–Trinajstić information content (AvgIpc) is 3.34. The van der Waals surface area contributed by atoms with E-state index < -0.39 is 0 Å². The third-order valence-corrected chi connectivity index (χ3v) is 4.82. The summed E-state index contributed by atoms with van der Waals surface area (Å²) < 4.78 is 0. The zero-order valence-electron chi connectivity index (χ0n) is 13.0. The Hall–Kier alpha value is -1.35. The van der Waals surface area contributed by atoms with Crippen molar-refractivity contribution in [2.24, 2.45) is 5.92 Å². The Labute approximate surface area is 127 Å². The van der Waals surface area contributed by atoms with Crippen LogP contribution < -0.4 is 4.90 Å². The van der Waals surface area contributed by atoms with Crippen LogP contribution in [0.25, 0.3) is 0 Å². The number of piperidine rings is 1. The highest BCUT2D eigenvalue weighted by Crippen LogP contribution is 2.37. The summed E-state index contributed by atoms with van der Waals surface area (Å²) >= 11 is 0. The molecule has 1 aromatic rings. The lowest BCUT2D eigenvalue weighted by Crippen LogP contribution is -2.46. The number of para-hydroxylation sites is 1. The van der Waals surface area contributed by atoms with Gasteiger partial charge in [0.2, 0.25) is 5.91 Å². The number of likely N-dealkylation sites (tertiary alicyclic amines) is 1. The first-order valence-electron chi connectivity index (χ1n) is 8.35. The maximum atomic E-state index is 12.9. The van der Waals surface area contributed by atoms with Crippen molar-refractivity contribution in [1.82, 2.24) is 4.90 Å². The predicted molar refractivity (Wildman–Crippen MR) is 86.4 cm³/mol. The molecule has 0 aromatic heterocycles. The third kappa shape index (κ3) is 3.65. The van der Waals surface area contributed by atoms with Crippen LogP contribution in [0.4, 0.5) is 5.69 Å². The smallest absolute Gasteiger partial charge is 0.241 e. The topological polar surface area (TPSA) is 23.6 Å². The second-order valence-corrected chi connectivity index (χ2v) is 6.51. The number of hydrogen-bond donors (Lipinski definition) is 0. The molecule has 1 aliphatic carbocycles. The molecule has 0 spiro atoms. The number of rotatable bonds is 5. The van der Waals surface area contributed by atoms with E-state index in [1.54, 1.807) is 0 Å². The summed E-state index contributed by atoms with van der Waals surface area (Å²) in [5, 5.41) is 0. The molecule has 21 heavy (non-hydrogen) atoms. The van der Waals surface area contributed by atoms with E-state index in [1.807, 2.05) is 23.1 Å². The number of carbonyl (C=O) groups is 1. The van der Waals surface area contributed by atoms with E-state index in [9.17, 15) is 4.79 Å². The van der Waals surface area contributed by atoms with Crippen LogP contribution in [0.3, 0.4) is 0 Å². The number of benzene rings is 1. The summed E-state index contributed by atoms with van der Waals surface area (Å²) in [6.07, 6.45) is 6.31. The molecule has 2 fully saturated rings. The van der Waals surface area contributed by atoms with E-state index in [-0.39, 0.29) is 5.91 Å². The summed E-state index contributed by atoms with van der Waals surface area (Å²) in [5.74, 6) is 0.956. The maximum absolute atomic E-state index is 12.9. The largest absolute Gasteiger partial charge is 0.308 e. The van der Waals surface area contributed by atoms with Crippen molar-refractivity contribution in [2.45, 2.75) is 45.1 Å². The van der Waals surface area contributed by atoms with Gasteiger partial charge in [0.15, 0.2) is 0 Å². The van der Waals surface area contributed by atoms with Crippen molar-refractivity contribution in [3.63, 3.8) is 0 Å². The van der Waals surface area contributed by atoms with Gasteiger partial charge < -0.3 is 4.90 Å². The van der Waals surface area contributed by atoms with Gasteiger partial charge in [-0.3, -0.25) is 9.69 Å². The lowest BCUT2D eigenvalue weighted by molar-refractivity contribution is -0.120. The Morgan fingerprint density at radius 1 is 1.19 bits per heavy atom. The van der Waals surface area contributed by atoms with E-state index in [0.29, 0.717) is 18.5 Å². The van der Waals surface area contributed by atoms with Crippen LogP contribution in [0.15, 0.2) is 30.3 Å². The van der Waals surface area contributed by atoms with Crippen LogP contribution in [0.5, 0.6) is 0 Å². The van der Waals surface area contributed by atoms with Crippen molar-refractivity contribution in [1.29, 1.82) is 0 Å². The zero-order valence-corrected chi connectivity index (χ0v) is 13.0. The van der Waals surface area contributed by atoms with Crippen molar-refractivity contribution >= 4 is 11.6 Å². The highest BCUT2D eigenvalue weighted by atomic mass is 16.2. The number of anilines is 1. The SMILES string of the molecule is CC(C1CC1)N(C(=O)CN1CCCCC1)c1ccccc1. The Morgan fingerprint density at radius 3 is 2.48 bits per heavy atom. The lowest BCUT2D eigenvalue weighted by atomic mass is 10.1. The summed E-state index contributed by atoms with van der Waals surface area (Å²) in [6.45, 7) is 4.93. The molecule has 0 bridgehead atoms. The fourth-order valence-electron chi connectivity index (χ4n) is 3.37. The highest BCUT2D eigenvalue weighted by molar-refractivity contribution is 5.95. The number of amides is 1. The summed E-state index contributed by atoms with van der Waals surface area (Å²) in [7, 11) is 0. The maximum Gasteiger partial charge on any atom is 0.241 e. The molecule has 1 aromatic carbocycles. The molecule has 0 N–H and O–H groups in total. The van der Waals surface area contributed by atoms with Crippen LogP contribution >= 0.6 is 0 Å². The molecule has 1 atom stereocenters. The minimum Gasteiger partial charge on any atom is -0.308 e. The van der Waals surface area contributed by atoms with E-state index in [1.165, 1.54) is 32.1 Å². The predicted octanol–water partition coefficient (Wildman–Crippen LogP) is 3.30. The number of nitrogens with zero attached hydrogens (tertiary/aromatic N) is 2. The highest BCUT2D eigenvalue weighted by Gasteiger charge is 2.35. The van der Waals surface area contributed by atoms with Gasteiger partial charge in [-0.15, -0.1) is 0 Å². The van der Waals surface area contributed by atoms with Gasteiger partial charge in [0.05, 0.1) is 6.54 Å². The first-order valence-corrected chi connectivity index (χ1v) is 8.35. The first-order chi connectivity index (χ1) is 10.3. The van der Waals surface area contributed by atoms with Gasteiger partial charge >= 0.3 is 0 Å². The third-order valence-electron chi connectivity index (χ3n) is 4.82. The van der Waals surface area contributed by atoms with E-state index in [4.69, 9.17) is 0 Å². The lowest BCUT2D eigenvalue weighted by Gasteiger charge is -2.33. The molecule has 2 aliphatic rings. The Morgan fingerprint density at radius 2 is 1.86 bits per heavy atom. The molecule has 3 nitrogen and oxygen atoms in total. The van der Waals surface area contributed by atoms with Crippen LogP contribution in [0.1, 0.15) is 39.0 Å². The van der Waals surface area contributed by atoms with Gasteiger partial charge in [0, 0.05) is 11.7 Å². The fraction of sp³-hybridized carbons (Fsp3) is 0.611. The standard InChI is InChI=1S/C18H26N2O/c1-15(16-10-11-16)20(17-8-4-2-5-9-17)18(21)14-19-12-6-3-7-13-19/h2,4-5,8-9,15-16H,3,6-7,10-14H2,1H3. The molecule has 1 saturated heterocycles. The number of carbonyl (C=O) groups excluding carboxylic acids is 1. The van der Waals surface area contributed by atoms with Gasteiger partial charge in [0.1, 0.15) is 0 Å². The van der Waals surface area contributed by atoms with E-state index >= 15 is 0 Å². The molecule has 1 saturated carbocycles. The molecule has 114 valence electrons. The van der Waals surface area contributed by atoms with Crippen LogP contribution in [-0.4, -0.2) is 36.5 Å². The molecule has 3 heteroatoms. The Bertz CT molecular complexity index is 463. The van der Waals surface area contributed by atoms with E-state index in [0.717, 1.165) is 18.8 Å².